The minimum atomic E-state index is -4.19. The summed E-state index contributed by atoms with van der Waals surface area (Å²) in [6.45, 7) is 1.35. The molecule has 0 fully saturated rings. The number of nitrogens with one attached hydrogen (secondary N) is 1. The fraction of sp³-hybridized carbons (Fsp3) is 0.231. The molecule has 1 N–H and O–H groups in total. The van der Waals surface area contributed by atoms with Crippen LogP contribution < -0.4 is 9.62 Å². The van der Waals surface area contributed by atoms with Crippen molar-refractivity contribution in [2.75, 3.05) is 17.9 Å². The number of amides is 2. The smallest absolute Gasteiger partial charge is 0.264 e. The maximum atomic E-state index is 13.8. The van der Waals surface area contributed by atoms with Gasteiger partial charge in [0.15, 0.2) is 0 Å². The van der Waals surface area contributed by atoms with Crippen LogP contribution in [0.5, 0.6) is 0 Å². The largest absolute Gasteiger partial charge is 0.357 e. The molecule has 1 atom stereocenters. The molecule has 36 heavy (non-hydrogen) atoms. The lowest BCUT2D eigenvalue weighted by atomic mass is 10.1. The second-order valence-corrected chi connectivity index (χ2v) is 10.7. The highest BCUT2D eigenvalue weighted by atomic mass is 35.5. The van der Waals surface area contributed by atoms with Crippen LogP contribution in [-0.2, 0) is 26.2 Å². The summed E-state index contributed by atoms with van der Waals surface area (Å²) in [4.78, 5) is 27.8. The highest BCUT2D eigenvalue weighted by Crippen LogP contribution is 2.33. The van der Waals surface area contributed by atoms with E-state index in [0.29, 0.717) is 11.4 Å². The first-order valence-electron chi connectivity index (χ1n) is 11.3. The quantitative estimate of drug-likeness (QED) is 0.397. The van der Waals surface area contributed by atoms with Gasteiger partial charge in [0.25, 0.3) is 10.0 Å². The summed E-state index contributed by atoms with van der Waals surface area (Å²) in [6, 6.07) is 20.5. The first-order valence-corrected chi connectivity index (χ1v) is 13.5. The van der Waals surface area contributed by atoms with Crippen LogP contribution in [0.2, 0.25) is 10.0 Å². The second-order valence-electron chi connectivity index (χ2n) is 7.97. The van der Waals surface area contributed by atoms with E-state index in [1.54, 1.807) is 25.1 Å². The highest BCUT2D eigenvalue weighted by molar-refractivity contribution is 7.92. The van der Waals surface area contributed by atoms with E-state index in [1.807, 2.05) is 30.3 Å². The fourth-order valence-corrected chi connectivity index (χ4v) is 5.80. The molecular formula is C26H27Cl2N3O4S. The van der Waals surface area contributed by atoms with Gasteiger partial charge in [-0.1, -0.05) is 78.7 Å². The Morgan fingerprint density at radius 3 is 2.11 bits per heavy atom. The average Bonchev–Trinajstić information content (AvgIpc) is 2.88. The first kappa shape index (κ1) is 27.5. The van der Waals surface area contributed by atoms with Gasteiger partial charge in [0.1, 0.15) is 12.6 Å². The maximum Gasteiger partial charge on any atom is 0.264 e. The molecule has 0 radical (unpaired) electrons. The Hall–Kier alpha value is -3.07. The number of benzene rings is 3. The lowest BCUT2D eigenvalue weighted by molar-refractivity contribution is -0.140. The monoisotopic (exact) mass is 547 g/mol. The van der Waals surface area contributed by atoms with E-state index in [1.165, 1.54) is 42.3 Å². The van der Waals surface area contributed by atoms with E-state index in [0.717, 1.165) is 9.87 Å². The molecule has 0 spiro atoms. The van der Waals surface area contributed by atoms with E-state index in [4.69, 9.17) is 23.2 Å². The molecule has 0 aliphatic carbocycles. The number of halogens is 2. The van der Waals surface area contributed by atoms with E-state index >= 15 is 0 Å². The summed E-state index contributed by atoms with van der Waals surface area (Å²) < 4.78 is 28.4. The van der Waals surface area contributed by atoms with Crippen molar-refractivity contribution < 1.29 is 18.0 Å². The molecule has 190 valence electrons. The Morgan fingerprint density at radius 2 is 1.56 bits per heavy atom. The van der Waals surface area contributed by atoms with Crippen molar-refractivity contribution in [2.45, 2.75) is 30.8 Å². The molecule has 1 unspecified atom stereocenters. The van der Waals surface area contributed by atoms with E-state index in [-0.39, 0.29) is 28.1 Å². The third kappa shape index (κ3) is 6.37. The topological polar surface area (TPSA) is 86.8 Å². The Bertz CT molecular complexity index is 1310. The number of carbonyl (C=O) groups excluding carboxylic acids is 2. The number of carbonyl (C=O) groups is 2. The van der Waals surface area contributed by atoms with E-state index in [9.17, 15) is 18.0 Å². The number of hydrogen-bond acceptors (Lipinski definition) is 4. The van der Waals surface area contributed by atoms with Crippen molar-refractivity contribution in [3.05, 3.63) is 94.5 Å². The molecule has 0 aliphatic rings. The second kappa shape index (κ2) is 12.3. The minimum Gasteiger partial charge on any atom is -0.357 e. The van der Waals surface area contributed by atoms with Crippen molar-refractivity contribution in [3.8, 4) is 0 Å². The molecule has 3 aromatic rings. The summed E-state index contributed by atoms with van der Waals surface area (Å²) in [6.07, 6.45) is 0.339. The highest BCUT2D eigenvalue weighted by Gasteiger charge is 2.34. The molecule has 7 nitrogen and oxygen atoms in total. The Labute approximate surface area is 221 Å². The van der Waals surface area contributed by atoms with Gasteiger partial charge in [-0.05, 0) is 42.3 Å². The van der Waals surface area contributed by atoms with Crippen molar-refractivity contribution in [3.63, 3.8) is 0 Å². The summed E-state index contributed by atoms with van der Waals surface area (Å²) in [5.74, 6) is -0.899. The van der Waals surface area contributed by atoms with E-state index < -0.39 is 28.5 Å². The number of rotatable bonds is 10. The summed E-state index contributed by atoms with van der Waals surface area (Å²) in [5.41, 5.74) is 0.904. The standard InChI is InChI=1S/C26H27Cl2N3O4S/c1-3-23(26(33)29-2)30(17-19-10-6-4-7-11-19)25(32)18-31(24-15-14-20(27)16-22(24)28)36(34,35)21-12-8-5-9-13-21/h4-16,23H,3,17-18H2,1-2H3,(H,29,33). The number of hydrogen-bond donors (Lipinski definition) is 1. The average molecular weight is 548 g/mol. The number of nitrogens with zero attached hydrogens (tertiary/aromatic N) is 2. The molecule has 0 aliphatic heterocycles. The van der Waals surface area contributed by atoms with E-state index in [2.05, 4.69) is 5.32 Å². The molecular weight excluding hydrogens is 521 g/mol. The van der Waals surface area contributed by atoms with Crippen LogP contribution in [0.1, 0.15) is 18.9 Å². The number of anilines is 1. The van der Waals surface area contributed by atoms with Gasteiger partial charge in [0, 0.05) is 18.6 Å². The van der Waals surface area contributed by atoms with Crippen molar-refractivity contribution in [1.82, 2.24) is 10.2 Å². The van der Waals surface area contributed by atoms with Crippen LogP contribution in [0.15, 0.2) is 83.8 Å². The molecule has 3 rings (SSSR count). The first-order chi connectivity index (χ1) is 17.2. The fourth-order valence-electron chi connectivity index (χ4n) is 3.78. The SMILES string of the molecule is CCC(C(=O)NC)N(Cc1ccccc1)C(=O)CN(c1ccc(Cl)cc1Cl)S(=O)(=O)c1ccccc1. The zero-order chi connectivity index (χ0) is 26.3. The zero-order valence-electron chi connectivity index (χ0n) is 19.9. The third-order valence-electron chi connectivity index (χ3n) is 5.62. The van der Waals surface area contributed by atoms with Crippen LogP contribution in [0, 0.1) is 0 Å². The Morgan fingerprint density at radius 1 is 0.944 bits per heavy atom. The summed E-state index contributed by atoms with van der Waals surface area (Å²) >= 11 is 12.4. The van der Waals surface area contributed by atoms with Crippen LogP contribution in [0.3, 0.4) is 0 Å². The molecule has 0 saturated carbocycles. The Balaban J connectivity index is 2.07. The van der Waals surface area contributed by atoms with Gasteiger partial charge >= 0.3 is 0 Å². The molecule has 0 heterocycles. The van der Waals surface area contributed by atoms with Crippen LogP contribution in [-0.4, -0.2) is 44.8 Å². The van der Waals surface area contributed by atoms with Crippen molar-refractivity contribution in [2.24, 2.45) is 0 Å². The Kier molecular flexibility index (Phi) is 9.37. The van der Waals surface area contributed by atoms with Crippen LogP contribution in [0.25, 0.3) is 0 Å². The van der Waals surface area contributed by atoms with Gasteiger partial charge in [-0.2, -0.15) is 0 Å². The van der Waals surface area contributed by atoms with Crippen molar-refractivity contribution in [1.29, 1.82) is 0 Å². The molecule has 0 saturated heterocycles. The third-order valence-corrected chi connectivity index (χ3v) is 7.93. The lowest BCUT2D eigenvalue weighted by Crippen LogP contribution is -2.51. The predicted molar refractivity (Wildman–Crippen MR) is 143 cm³/mol. The van der Waals surface area contributed by atoms with Crippen LogP contribution in [0.4, 0.5) is 5.69 Å². The molecule has 10 heteroatoms. The number of sulfonamides is 1. The van der Waals surface area contributed by atoms with Gasteiger partial charge < -0.3 is 10.2 Å². The molecule has 3 aromatic carbocycles. The number of likely N-dealkylation sites (N-methyl/N-ethyl adjacent to an activating group) is 1. The van der Waals surface area contributed by atoms with Gasteiger partial charge in [-0.25, -0.2) is 8.42 Å². The van der Waals surface area contributed by atoms with Gasteiger partial charge in [-0.3, -0.25) is 13.9 Å². The molecule has 0 bridgehead atoms. The van der Waals surface area contributed by atoms with Crippen molar-refractivity contribution >= 4 is 50.7 Å². The van der Waals surface area contributed by atoms with Crippen LogP contribution >= 0.6 is 23.2 Å². The predicted octanol–water partition coefficient (Wildman–Crippen LogP) is 4.74. The van der Waals surface area contributed by atoms with Gasteiger partial charge in [-0.15, -0.1) is 0 Å². The van der Waals surface area contributed by atoms with Gasteiger partial charge in [0.05, 0.1) is 15.6 Å². The summed E-state index contributed by atoms with van der Waals surface area (Å²) in [5, 5.41) is 2.99. The van der Waals surface area contributed by atoms with Gasteiger partial charge in [0.2, 0.25) is 11.8 Å². The summed E-state index contributed by atoms with van der Waals surface area (Å²) in [7, 11) is -2.70. The normalized spacial score (nSPS) is 12.0. The molecule has 2 amide bonds. The zero-order valence-corrected chi connectivity index (χ0v) is 22.2. The minimum absolute atomic E-state index is 0.00299. The maximum absolute atomic E-state index is 13.8. The molecule has 0 aromatic heterocycles. The lowest BCUT2D eigenvalue weighted by Gasteiger charge is -2.33.